The first-order valence-electron chi connectivity index (χ1n) is 8.42. The number of nitrogens with one attached hydrogen (secondary N) is 2. The molecule has 2 amide bonds. The number of piperidine rings is 1. The third kappa shape index (κ3) is 6.89. The zero-order valence-electron chi connectivity index (χ0n) is 14.3. The molecule has 0 unspecified atom stereocenters. The Balaban J connectivity index is 0.00000288. The van der Waals surface area contributed by atoms with Crippen LogP contribution in [0.1, 0.15) is 24.8 Å². The van der Waals surface area contributed by atoms with Gasteiger partial charge >= 0.3 is 0 Å². The fourth-order valence-corrected chi connectivity index (χ4v) is 2.99. The van der Waals surface area contributed by atoms with Crippen LogP contribution in [0.2, 0.25) is 0 Å². The number of rotatable bonds is 7. The number of hydrogen-bond acceptors (Lipinski definition) is 3. The number of likely N-dealkylation sites (tertiary alicyclic amines) is 1. The summed E-state index contributed by atoms with van der Waals surface area (Å²) in [5.74, 6) is 0.791. The average Bonchev–Trinajstić information content (AvgIpc) is 2.56. The third-order valence-electron chi connectivity index (χ3n) is 4.33. The van der Waals surface area contributed by atoms with Gasteiger partial charge in [-0.25, -0.2) is 0 Å². The Hall–Kier alpha value is -1.59. The second kappa shape index (κ2) is 11.0. The zero-order valence-corrected chi connectivity index (χ0v) is 15.1. The van der Waals surface area contributed by atoms with E-state index in [1.807, 2.05) is 42.3 Å². The van der Waals surface area contributed by atoms with Crippen molar-refractivity contribution in [1.82, 2.24) is 15.5 Å². The van der Waals surface area contributed by atoms with Gasteiger partial charge in [0.25, 0.3) is 0 Å². The molecule has 2 N–H and O–H groups in total. The molecule has 0 bridgehead atoms. The molecule has 1 aliphatic heterocycles. The molecule has 1 heterocycles. The lowest BCUT2D eigenvalue weighted by atomic mass is 9.96. The summed E-state index contributed by atoms with van der Waals surface area (Å²) < 4.78 is 0. The lowest BCUT2D eigenvalue weighted by Gasteiger charge is -2.32. The standard InChI is InChI=1S/C18H27N3O2.ClH/c1-19-14-16-8-11-21(12-9-16)18(23)7-10-20-17(22)13-15-5-3-2-4-6-15;/h2-6,16,19H,7-14H2,1H3,(H,20,22);1H. The molecule has 6 heteroatoms. The van der Waals surface area contributed by atoms with Crippen molar-refractivity contribution < 1.29 is 9.59 Å². The maximum atomic E-state index is 12.2. The first-order valence-corrected chi connectivity index (χ1v) is 8.42. The van der Waals surface area contributed by atoms with Gasteiger partial charge in [-0.2, -0.15) is 0 Å². The predicted molar refractivity (Wildman–Crippen MR) is 98.3 cm³/mol. The summed E-state index contributed by atoms with van der Waals surface area (Å²) >= 11 is 0. The van der Waals surface area contributed by atoms with E-state index in [9.17, 15) is 9.59 Å². The lowest BCUT2D eigenvalue weighted by Crippen LogP contribution is -2.41. The molecule has 1 fully saturated rings. The maximum absolute atomic E-state index is 12.2. The molecule has 0 spiro atoms. The molecule has 1 saturated heterocycles. The van der Waals surface area contributed by atoms with Crippen molar-refractivity contribution in [2.75, 3.05) is 33.2 Å². The molecule has 134 valence electrons. The number of nitrogens with zero attached hydrogens (tertiary/aromatic N) is 1. The van der Waals surface area contributed by atoms with Crippen LogP contribution in [0.5, 0.6) is 0 Å². The van der Waals surface area contributed by atoms with Crippen molar-refractivity contribution >= 4 is 24.2 Å². The highest BCUT2D eigenvalue weighted by Gasteiger charge is 2.21. The number of amides is 2. The lowest BCUT2D eigenvalue weighted by molar-refractivity contribution is -0.132. The summed E-state index contributed by atoms with van der Waals surface area (Å²) in [4.78, 5) is 25.9. The zero-order chi connectivity index (χ0) is 16.5. The highest BCUT2D eigenvalue weighted by Crippen LogP contribution is 2.16. The minimum absolute atomic E-state index is 0. The highest BCUT2D eigenvalue weighted by atomic mass is 35.5. The van der Waals surface area contributed by atoms with Crippen LogP contribution < -0.4 is 10.6 Å². The largest absolute Gasteiger partial charge is 0.355 e. The van der Waals surface area contributed by atoms with Crippen LogP contribution in [-0.4, -0.2) is 49.9 Å². The van der Waals surface area contributed by atoms with Gasteiger partial charge in [0.2, 0.25) is 11.8 Å². The van der Waals surface area contributed by atoms with E-state index in [1.54, 1.807) is 0 Å². The molecular formula is C18H28ClN3O2. The second-order valence-electron chi connectivity index (χ2n) is 6.14. The molecule has 1 aliphatic rings. The van der Waals surface area contributed by atoms with Gasteiger partial charge in [0.05, 0.1) is 6.42 Å². The quantitative estimate of drug-likeness (QED) is 0.783. The summed E-state index contributed by atoms with van der Waals surface area (Å²) in [5, 5.41) is 6.03. The van der Waals surface area contributed by atoms with Crippen LogP contribution in [0.4, 0.5) is 0 Å². The first kappa shape index (κ1) is 20.5. The van der Waals surface area contributed by atoms with Gasteiger partial charge in [-0.3, -0.25) is 9.59 Å². The number of halogens is 1. The highest BCUT2D eigenvalue weighted by molar-refractivity contribution is 5.85. The van der Waals surface area contributed by atoms with Crippen LogP contribution in [0.15, 0.2) is 30.3 Å². The Bertz CT molecular complexity index is 502. The first-order chi connectivity index (χ1) is 11.2. The normalized spacial score (nSPS) is 14.8. The van der Waals surface area contributed by atoms with E-state index in [2.05, 4.69) is 10.6 Å². The van der Waals surface area contributed by atoms with E-state index in [0.29, 0.717) is 25.3 Å². The SMILES string of the molecule is CNCC1CCN(C(=O)CCNC(=O)Cc2ccccc2)CC1.Cl. The Kier molecular flexibility index (Phi) is 9.42. The van der Waals surface area contributed by atoms with Gasteiger partial charge in [0, 0.05) is 26.1 Å². The van der Waals surface area contributed by atoms with Crippen LogP contribution in [0, 0.1) is 5.92 Å². The van der Waals surface area contributed by atoms with Gasteiger partial charge in [0.1, 0.15) is 0 Å². The molecule has 0 saturated carbocycles. The van der Waals surface area contributed by atoms with Gasteiger partial charge in [-0.15, -0.1) is 12.4 Å². The maximum Gasteiger partial charge on any atom is 0.224 e. The van der Waals surface area contributed by atoms with E-state index in [1.165, 1.54) is 0 Å². The van der Waals surface area contributed by atoms with Crippen molar-refractivity contribution in [3.05, 3.63) is 35.9 Å². The molecule has 0 radical (unpaired) electrons. The van der Waals surface area contributed by atoms with Crippen LogP contribution >= 0.6 is 12.4 Å². The Morgan fingerprint density at radius 2 is 1.83 bits per heavy atom. The predicted octanol–water partition coefficient (Wildman–Crippen LogP) is 1.62. The minimum Gasteiger partial charge on any atom is -0.355 e. The van der Waals surface area contributed by atoms with Crippen molar-refractivity contribution in [2.45, 2.75) is 25.7 Å². The van der Waals surface area contributed by atoms with Gasteiger partial charge in [-0.1, -0.05) is 30.3 Å². The van der Waals surface area contributed by atoms with E-state index in [0.717, 1.165) is 38.0 Å². The fourth-order valence-electron chi connectivity index (χ4n) is 2.99. The van der Waals surface area contributed by atoms with Gasteiger partial charge in [-0.05, 0) is 37.9 Å². The molecule has 5 nitrogen and oxygen atoms in total. The van der Waals surface area contributed by atoms with Crippen molar-refractivity contribution in [2.24, 2.45) is 5.92 Å². The summed E-state index contributed by atoms with van der Waals surface area (Å²) in [5.41, 5.74) is 0.989. The van der Waals surface area contributed by atoms with Crippen LogP contribution in [0.3, 0.4) is 0 Å². The summed E-state index contributed by atoms with van der Waals surface area (Å²) in [7, 11) is 1.97. The summed E-state index contributed by atoms with van der Waals surface area (Å²) in [6, 6.07) is 9.63. The monoisotopic (exact) mass is 353 g/mol. The molecule has 24 heavy (non-hydrogen) atoms. The number of carbonyl (C=O) groups excluding carboxylic acids is 2. The van der Waals surface area contributed by atoms with Crippen molar-refractivity contribution in [3.8, 4) is 0 Å². The van der Waals surface area contributed by atoms with Crippen LogP contribution in [-0.2, 0) is 16.0 Å². The molecule has 1 aromatic carbocycles. The van der Waals surface area contributed by atoms with E-state index in [-0.39, 0.29) is 24.2 Å². The Labute approximate surface area is 150 Å². The third-order valence-corrected chi connectivity index (χ3v) is 4.33. The molecule has 0 atom stereocenters. The molecule has 2 rings (SSSR count). The number of benzene rings is 1. The van der Waals surface area contributed by atoms with E-state index >= 15 is 0 Å². The smallest absolute Gasteiger partial charge is 0.224 e. The molecular weight excluding hydrogens is 326 g/mol. The van der Waals surface area contributed by atoms with E-state index in [4.69, 9.17) is 0 Å². The van der Waals surface area contributed by atoms with Gasteiger partial charge < -0.3 is 15.5 Å². The molecule has 0 aromatic heterocycles. The van der Waals surface area contributed by atoms with E-state index < -0.39 is 0 Å². The average molecular weight is 354 g/mol. The molecule has 0 aliphatic carbocycles. The Morgan fingerprint density at radius 3 is 2.46 bits per heavy atom. The minimum atomic E-state index is -0.0308. The number of hydrogen-bond donors (Lipinski definition) is 2. The summed E-state index contributed by atoms with van der Waals surface area (Å²) in [6.45, 7) is 3.12. The second-order valence-corrected chi connectivity index (χ2v) is 6.14. The van der Waals surface area contributed by atoms with Crippen LogP contribution in [0.25, 0.3) is 0 Å². The van der Waals surface area contributed by atoms with Crippen molar-refractivity contribution in [1.29, 1.82) is 0 Å². The Morgan fingerprint density at radius 1 is 1.17 bits per heavy atom. The fraction of sp³-hybridized carbons (Fsp3) is 0.556. The van der Waals surface area contributed by atoms with Gasteiger partial charge in [0.15, 0.2) is 0 Å². The molecule has 1 aromatic rings. The topological polar surface area (TPSA) is 61.4 Å². The number of carbonyl (C=O) groups is 2. The summed E-state index contributed by atoms with van der Waals surface area (Å²) in [6.07, 6.45) is 2.88. The van der Waals surface area contributed by atoms with Crippen molar-refractivity contribution in [3.63, 3.8) is 0 Å².